The van der Waals surface area contributed by atoms with Crippen LogP contribution in [0.3, 0.4) is 0 Å². The van der Waals surface area contributed by atoms with Gasteiger partial charge in [0.2, 0.25) is 0 Å². The van der Waals surface area contributed by atoms with Gasteiger partial charge < -0.3 is 0 Å². The minimum Gasteiger partial charge on any atom is -0.258 e. The van der Waals surface area contributed by atoms with Crippen molar-refractivity contribution in [3.8, 4) is 0 Å². The highest BCUT2D eigenvalue weighted by molar-refractivity contribution is 9.08. The lowest BCUT2D eigenvalue weighted by Gasteiger charge is -1.98. The molecule has 13 heavy (non-hydrogen) atoms. The van der Waals surface area contributed by atoms with Gasteiger partial charge in [-0.05, 0) is 5.56 Å². The predicted octanol–water partition coefficient (Wildman–Crippen LogP) is 3.04. The highest BCUT2D eigenvalue weighted by Crippen LogP contribution is 2.26. The topological polar surface area (TPSA) is 47.5 Å². The molecule has 0 aliphatic heterocycles. The lowest BCUT2D eigenvalue weighted by molar-refractivity contribution is -0.384. The van der Waals surface area contributed by atoms with Crippen molar-refractivity contribution in [1.82, 2.24) is 0 Å². The molecule has 0 fully saturated rings. The summed E-state index contributed by atoms with van der Waals surface area (Å²) in [7, 11) is 0. The number of halogens is 1. The fourth-order valence-corrected chi connectivity index (χ4v) is 1.36. The Morgan fingerprint density at radius 1 is 1.62 bits per heavy atom. The van der Waals surface area contributed by atoms with Crippen molar-refractivity contribution in [2.24, 2.45) is 0 Å². The Morgan fingerprint density at radius 3 is 2.77 bits per heavy atom. The van der Waals surface area contributed by atoms with E-state index in [1.165, 1.54) is 12.1 Å². The van der Waals surface area contributed by atoms with Gasteiger partial charge in [-0.15, -0.1) is 0 Å². The van der Waals surface area contributed by atoms with E-state index in [0.29, 0.717) is 11.0 Å². The van der Waals surface area contributed by atoms with Crippen molar-refractivity contribution in [2.45, 2.75) is 5.33 Å². The van der Waals surface area contributed by atoms with Gasteiger partial charge >= 0.3 is 0 Å². The van der Waals surface area contributed by atoms with Crippen LogP contribution in [0.1, 0.15) is 5.56 Å². The van der Waals surface area contributed by atoms with Crippen LogP contribution in [-0.2, 0) is 5.33 Å². The summed E-state index contributed by atoms with van der Waals surface area (Å²) in [5.41, 5.74) is 1.04. The van der Waals surface area contributed by atoms with Crippen LogP contribution in [0.4, 0.5) is 11.4 Å². The molecule has 0 saturated carbocycles. The lowest BCUT2D eigenvalue weighted by atomic mass is 10.2. The van der Waals surface area contributed by atoms with Crippen LogP contribution in [0.15, 0.2) is 18.2 Å². The summed E-state index contributed by atoms with van der Waals surface area (Å²) in [6.07, 6.45) is 0. The van der Waals surface area contributed by atoms with Crippen LogP contribution in [0.2, 0.25) is 0 Å². The quantitative estimate of drug-likeness (QED) is 0.345. The van der Waals surface area contributed by atoms with Crippen LogP contribution in [-0.4, -0.2) is 4.92 Å². The predicted molar refractivity (Wildman–Crippen MR) is 52.0 cm³/mol. The van der Waals surface area contributed by atoms with E-state index in [1.807, 2.05) is 0 Å². The minimum atomic E-state index is -0.507. The summed E-state index contributed by atoms with van der Waals surface area (Å²) >= 11 is 3.20. The van der Waals surface area contributed by atoms with Crippen LogP contribution in [0, 0.1) is 16.7 Å². The van der Waals surface area contributed by atoms with Gasteiger partial charge in [-0.25, -0.2) is 4.85 Å². The Bertz CT molecular complexity index is 384. The molecule has 0 spiro atoms. The largest absolute Gasteiger partial charge is 0.259 e. The molecule has 4 nitrogen and oxygen atoms in total. The summed E-state index contributed by atoms with van der Waals surface area (Å²) in [4.78, 5) is 13.1. The van der Waals surface area contributed by atoms with Crippen LogP contribution in [0.25, 0.3) is 4.85 Å². The van der Waals surface area contributed by atoms with E-state index in [2.05, 4.69) is 20.8 Å². The number of hydrogen-bond donors (Lipinski definition) is 0. The number of hydrogen-bond acceptors (Lipinski definition) is 2. The van der Waals surface area contributed by atoms with Gasteiger partial charge in [0.15, 0.2) is 5.69 Å². The summed E-state index contributed by atoms with van der Waals surface area (Å²) in [5, 5.41) is 10.9. The molecule has 0 unspecified atom stereocenters. The second kappa shape index (κ2) is 4.01. The monoisotopic (exact) mass is 240 g/mol. The normalized spacial score (nSPS) is 9.23. The highest BCUT2D eigenvalue weighted by atomic mass is 79.9. The number of rotatable bonds is 2. The van der Waals surface area contributed by atoms with Crippen molar-refractivity contribution in [1.29, 1.82) is 0 Å². The molecule has 0 saturated heterocycles. The number of benzene rings is 1. The third-order valence-corrected chi connectivity index (χ3v) is 2.15. The average Bonchev–Trinajstić information content (AvgIpc) is 2.16. The summed E-state index contributed by atoms with van der Waals surface area (Å²) in [6, 6.07) is 4.26. The van der Waals surface area contributed by atoms with Crippen molar-refractivity contribution in [3.63, 3.8) is 0 Å². The average molecular weight is 241 g/mol. The second-order valence-corrected chi connectivity index (χ2v) is 2.88. The van der Waals surface area contributed by atoms with Crippen LogP contribution in [0.5, 0.6) is 0 Å². The second-order valence-electron chi connectivity index (χ2n) is 2.32. The minimum absolute atomic E-state index is 0.0456. The number of nitro groups is 1. The van der Waals surface area contributed by atoms with Gasteiger partial charge in [0, 0.05) is 17.5 Å². The lowest BCUT2D eigenvalue weighted by Crippen LogP contribution is -1.88. The van der Waals surface area contributed by atoms with E-state index in [4.69, 9.17) is 6.57 Å². The molecule has 1 aromatic carbocycles. The van der Waals surface area contributed by atoms with Crippen LogP contribution < -0.4 is 0 Å². The first-order valence-corrected chi connectivity index (χ1v) is 4.52. The summed E-state index contributed by atoms with van der Waals surface area (Å²) in [5.74, 6) is 0. The molecule has 0 aliphatic rings. The van der Waals surface area contributed by atoms with Gasteiger partial charge in [-0.1, -0.05) is 22.0 Å². The SMILES string of the molecule is [C-]#[N+]c1cc([N+](=O)[O-])ccc1CBr. The highest BCUT2D eigenvalue weighted by Gasteiger charge is 2.09. The Hall–Kier alpha value is -1.41. The molecule has 5 heteroatoms. The van der Waals surface area contributed by atoms with E-state index < -0.39 is 4.92 Å². The molecule has 0 amide bonds. The zero-order chi connectivity index (χ0) is 9.84. The van der Waals surface area contributed by atoms with Crippen molar-refractivity contribution < 1.29 is 4.92 Å². The molecule has 0 aliphatic carbocycles. The number of nitro benzene ring substituents is 1. The molecular formula is C8H5BrN2O2. The first-order chi connectivity index (χ1) is 6.19. The fourth-order valence-electron chi connectivity index (χ4n) is 0.883. The van der Waals surface area contributed by atoms with Crippen LogP contribution >= 0.6 is 15.9 Å². The van der Waals surface area contributed by atoms with Gasteiger partial charge in [0.05, 0.1) is 11.5 Å². The summed E-state index contributed by atoms with van der Waals surface area (Å²) in [6.45, 7) is 6.81. The standard InChI is InChI=1S/C8H5BrN2O2/c1-10-8-4-7(11(12)13)3-2-6(8)5-9/h2-4H,5H2. The summed E-state index contributed by atoms with van der Waals surface area (Å²) < 4.78 is 0. The van der Waals surface area contributed by atoms with E-state index in [1.54, 1.807) is 6.07 Å². The maximum atomic E-state index is 10.4. The zero-order valence-corrected chi connectivity index (χ0v) is 8.11. The van der Waals surface area contributed by atoms with Crippen molar-refractivity contribution in [3.05, 3.63) is 45.3 Å². The van der Waals surface area contributed by atoms with Gasteiger partial charge in [0.1, 0.15) is 0 Å². The van der Waals surface area contributed by atoms with Gasteiger partial charge in [-0.3, -0.25) is 10.1 Å². The zero-order valence-electron chi connectivity index (χ0n) is 6.53. The molecule has 0 atom stereocenters. The Labute approximate surface area is 83.3 Å². The molecule has 0 N–H and O–H groups in total. The first-order valence-electron chi connectivity index (χ1n) is 3.39. The molecule has 0 heterocycles. The Morgan fingerprint density at radius 2 is 2.31 bits per heavy atom. The molecule has 1 aromatic rings. The number of alkyl halides is 1. The number of non-ortho nitro benzene ring substituents is 1. The molecule has 1 rings (SSSR count). The third-order valence-electron chi connectivity index (χ3n) is 1.54. The molecule has 0 bridgehead atoms. The maximum Gasteiger partial charge on any atom is 0.259 e. The fraction of sp³-hybridized carbons (Fsp3) is 0.125. The van der Waals surface area contributed by atoms with Gasteiger partial charge in [-0.2, -0.15) is 0 Å². The molecule has 0 aromatic heterocycles. The van der Waals surface area contributed by atoms with Gasteiger partial charge in [0.25, 0.3) is 5.69 Å². The molecule has 0 radical (unpaired) electrons. The van der Waals surface area contributed by atoms with E-state index in [0.717, 1.165) is 5.56 Å². The van der Waals surface area contributed by atoms with Crippen molar-refractivity contribution >= 4 is 27.3 Å². The first kappa shape index (κ1) is 9.68. The van der Waals surface area contributed by atoms with E-state index in [-0.39, 0.29) is 5.69 Å². The smallest absolute Gasteiger partial charge is 0.258 e. The maximum absolute atomic E-state index is 10.4. The third kappa shape index (κ3) is 2.04. The van der Waals surface area contributed by atoms with E-state index >= 15 is 0 Å². The molecule has 66 valence electrons. The van der Waals surface area contributed by atoms with Crippen molar-refractivity contribution in [2.75, 3.05) is 0 Å². The molecular weight excluding hydrogens is 236 g/mol. The van der Waals surface area contributed by atoms with E-state index in [9.17, 15) is 10.1 Å². The Kier molecular flexibility index (Phi) is 2.98. The Balaban J connectivity index is 3.23. The number of nitrogens with zero attached hydrogens (tertiary/aromatic N) is 2.